The van der Waals surface area contributed by atoms with Crippen molar-refractivity contribution >= 4 is 32.4 Å². The largest absolute Gasteiger partial charge is 0.484 e. The van der Waals surface area contributed by atoms with Crippen LogP contribution in [0, 0.1) is 13.8 Å². The Morgan fingerprint density at radius 2 is 2.03 bits per heavy atom. The Bertz CT molecular complexity index is 1090. The number of sulfonamides is 1. The van der Waals surface area contributed by atoms with Crippen LogP contribution in [-0.4, -0.2) is 42.5 Å². The molecule has 0 atom stereocenters. The number of nitrogens with one attached hydrogen (secondary N) is 1. The van der Waals surface area contributed by atoms with E-state index in [-0.39, 0.29) is 22.6 Å². The van der Waals surface area contributed by atoms with Gasteiger partial charge in [-0.1, -0.05) is 17.4 Å². The number of amides is 1. The minimum atomic E-state index is -3.86. The lowest BCUT2D eigenvalue weighted by atomic mass is 10.1. The SMILES string of the molecule is Cc1ccc(OCC(=O)Nc2nnc(S(=O)(=O)N(C)Cc3ccco3)s2)cc1C. The van der Waals surface area contributed by atoms with Crippen LogP contribution in [-0.2, 0) is 21.4 Å². The van der Waals surface area contributed by atoms with E-state index in [0.29, 0.717) is 11.5 Å². The number of hydrogen-bond acceptors (Lipinski definition) is 8. The molecule has 0 aliphatic heterocycles. The summed E-state index contributed by atoms with van der Waals surface area (Å²) in [5.41, 5.74) is 2.18. The maximum Gasteiger partial charge on any atom is 0.272 e. The molecule has 2 aromatic heterocycles. The number of ether oxygens (including phenoxy) is 1. The van der Waals surface area contributed by atoms with Gasteiger partial charge in [0.05, 0.1) is 12.8 Å². The monoisotopic (exact) mass is 436 g/mol. The minimum Gasteiger partial charge on any atom is -0.484 e. The average Bonchev–Trinajstić information content (AvgIpc) is 3.35. The van der Waals surface area contributed by atoms with Gasteiger partial charge >= 0.3 is 0 Å². The molecule has 0 saturated heterocycles. The molecular weight excluding hydrogens is 416 g/mol. The van der Waals surface area contributed by atoms with Gasteiger partial charge in [-0.25, -0.2) is 8.42 Å². The minimum absolute atomic E-state index is 0.0560. The lowest BCUT2D eigenvalue weighted by Crippen LogP contribution is -2.26. The molecule has 0 radical (unpaired) electrons. The highest BCUT2D eigenvalue weighted by Gasteiger charge is 2.26. The smallest absolute Gasteiger partial charge is 0.272 e. The Morgan fingerprint density at radius 1 is 1.24 bits per heavy atom. The third-order valence-electron chi connectivity index (χ3n) is 4.09. The number of hydrogen-bond donors (Lipinski definition) is 1. The van der Waals surface area contributed by atoms with Crippen molar-refractivity contribution in [2.24, 2.45) is 0 Å². The number of carbonyl (C=O) groups excluding carboxylic acids is 1. The summed E-state index contributed by atoms with van der Waals surface area (Å²) < 4.78 is 36.7. The summed E-state index contributed by atoms with van der Waals surface area (Å²) in [5.74, 6) is 0.605. The summed E-state index contributed by atoms with van der Waals surface area (Å²) >= 11 is 0.765. The summed E-state index contributed by atoms with van der Waals surface area (Å²) in [6.07, 6.45) is 1.47. The highest BCUT2D eigenvalue weighted by atomic mass is 32.2. The molecule has 0 spiro atoms. The van der Waals surface area contributed by atoms with Gasteiger partial charge in [-0.2, -0.15) is 4.31 Å². The van der Waals surface area contributed by atoms with E-state index in [2.05, 4.69) is 15.5 Å². The topological polar surface area (TPSA) is 115 Å². The summed E-state index contributed by atoms with van der Waals surface area (Å²) in [6.45, 7) is 3.76. The second-order valence-corrected chi connectivity index (χ2v) is 9.49. The fraction of sp³-hybridized carbons (Fsp3) is 0.278. The summed E-state index contributed by atoms with van der Waals surface area (Å²) in [6, 6.07) is 8.87. The van der Waals surface area contributed by atoms with Crippen LogP contribution in [0.5, 0.6) is 5.75 Å². The molecule has 3 rings (SSSR count). The highest BCUT2D eigenvalue weighted by Crippen LogP contribution is 2.24. The Balaban J connectivity index is 1.58. The summed E-state index contributed by atoms with van der Waals surface area (Å²) in [7, 11) is -2.45. The number of aryl methyl sites for hydroxylation is 2. The number of rotatable bonds is 8. The zero-order chi connectivity index (χ0) is 21.0. The van der Waals surface area contributed by atoms with Gasteiger partial charge in [-0.05, 0) is 49.2 Å². The highest BCUT2D eigenvalue weighted by molar-refractivity contribution is 7.91. The van der Waals surface area contributed by atoms with E-state index in [0.717, 1.165) is 26.8 Å². The fourth-order valence-corrected chi connectivity index (χ4v) is 4.55. The van der Waals surface area contributed by atoms with Crippen LogP contribution < -0.4 is 10.1 Å². The van der Waals surface area contributed by atoms with E-state index in [1.807, 2.05) is 26.0 Å². The van der Waals surface area contributed by atoms with Crippen molar-refractivity contribution in [2.45, 2.75) is 24.7 Å². The predicted molar refractivity (Wildman–Crippen MR) is 107 cm³/mol. The van der Waals surface area contributed by atoms with Crippen molar-refractivity contribution in [3.05, 3.63) is 53.5 Å². The van der Waals surface area contributed by atoms with Crippen molar-refractivity contribution in [3.63, 3.8) is 0 Å². The number of carbonyl (C=O) groups is 1. The fourth-order valence-electron chi connectivity index (χ4n) is 2.31. The van der Waals surface area contributed by atoms with Crippen molar-refractivity contribution in [1.29, 1.82) is 0 Å². The summed E-state index contributed by atoms with van der Waals surface area (Å²) in [4.78, 5) is 12.1. The Morgan fingerprint density at radius 3 is 2.72 bits per heavy atom. The van der Waals surface area contributed by atoms with Gasteiger partial charge in [0.25, 0.3) is 15.9 Å². The van der Waals surface area contributed by atoms with Crippen LogP contribution >= 0.6 is 11.3 Å². The van der Waals surface area contributed by atoms with Gasteiger partial charge in [0, 0.05) is 7.05 Å². The molecule has 11 heteroatoms. The van der Waals surface area contributed by atoms with E-state index in [4.69, 9.17) is 9.15 Å². The standard InChI is InChI=1S/C18H20N4O5S2/c1-12-6-7-14(9-13(12)2)27-11-16(23)19-17-20-21-18(28-17)29(24,25)22(3)10-15-5-4-8-26-15/h4-9H,10-11H2,1-3H3,(H,19,20,23). The first-order valence-electron chi connectivity index (χ1n) is 8.58. The van der Waals surface area contributed by atoms with Crippen LogP contribution in [0.3, 0.4) is 0 Å². The lowest BCUT2D eigenvalue weighted by molar-refractivity contribution is -0.118. The third kappa shape index (κ3) is 5.19. The van der Waals surface area contributed by atoms with E-state index >= 15 is 0 Å². The number of benzene rings is 1. The average molecular weight is 437 g/mol. The van der Waals surface area contributed by atoms with Gasteiger partial charge < -0.3 is 9.15 Å². The van der Waals surface area contributed by atoms with Gasteiger partial charge in [-0.15, -0.1) is 10.2 Å². The van der Waals surface area contributed by atoms with Crippen LogP contribution in [0.2, 0.25) is 0 Å². The lowest BCUT2D eigenvalue weighted by Gasteiger charge is -2.12. The molecule has 0 bridgehead atoms. The molecule has 0 unspecified atom stereocenters. The third-order valence-corrected chi connectivity index (χ3v) is 7.08. The molecule has 0 saturated carbocycles. The van der Waals surface area contributed by atoms with Crippen LogP contribution in [0.15, 0.2) is 45.4 Å². The van der Waals surface area contributed by atoms with Crippen molar-refractivity contribution in [2.75, 3.05) is 19.0 Å². The molecule has 9 nitrogen and oxygen atoms in total. The number of anilines is 1. The molecule has 154 valence electrons. The number of nitrogens with zero attached hydrogens (tertiary/aromatic N) is 3. The maximum absolute atomic E-state index is 12.6. The second kappa shape index (κ2) is 8.72. The molecular formula is C18H20N4O5S2. The van der Waals surface area contributed by atoms with Gasteiger partial charge in [0.1, 0.15) is 11.5 Å². The van der Waals surface area contributed by atoms with E-state index in [9.17, 15) is 13.2 Å². The molecule has 1 N–H and O–H groups in total. The zero-order valence-corrected chi connectivity index (χ0v) is 17.7. The molecule has 29 heavy (non-hydrogen) atoms. The van der Waals surface area contributed by atoms with Crippen LogP contribution in [0.4, 0.5) is 5.13 Å². The van der Waals surface area contributed by atoms with Crippen LogP contribution in [0.25, 0.3) is 0 Å². The quantitative estimate of drug-likeness (QED) is 0.540. The molecule has 3 aromatic rings. The van der Waals surface area contributed by atoms with Gasteiger partial charge in [0.2, 0.25) is 9.47 Å². The van der Waals surface area contributed by atoms with Gasteiger partial charge in [0.15, 0.2) is 6.61 Å². The van der Waals surface area contributed by atoms with Crippen molar-refractivity contribution in [3.8, 4) is 5.75 Å². The van der Waals surface area contributed by atoms with Crippen molar-refractivity contribution in [1.82, 2.24) is 14.5 Å². The van der Waals surface area contributed by atoms with E-state index in [1.165, 1.54) is 13.3 Å². The molecule has 0 aliphatic carbocycles. The number of furan rings is 1. The summed E-state index contributed by atoms with van der Waals surface area (Å²) in [5, 5.41) is 9.99. The molecule has 1 amide bonds. The molecule has 1 aromatic carbocycles. The zero-order valence-electron chi connectivity index (χ0n) is 16.1. The Labute approximate surface area is 172 Å². The predicted octanol–water partition coefficient (Wildman–Crippen LogP) is 2.59. The van der Waals surface area contributed by atoms with Crippen LogP contribution in [0.1, 0.15) is 16.9 Å². The van der Waals surface area contributed by atoms with E-state index < -0.39 is 15.9 Å². The second-order valence-electron chi connectivity index (χ2n) is 6.30. The Kier molecular flexibility index (Phi) is 6.30. The van der Waals surface area contributed by atoms with E-state index in [1.54, 1.807) is 18.2 Å². The van der Waals surface area contributed by atoms with Crippen molar-refractivity contribution < 1.29 is 22.4 Å². The molecule has 0 fully saturated rings. The van der Waals surface area contributed by atoms with Gasteiger partial charge in [-0.3, -0.25) is 10.1 Å². The normalized spacial score (nSPS) is 11.6. The molecule has 2 heterocycles. The molecule has 0 aliphatic rings. The first-order valence-corrected chi connectivity index (χ1v) is 10.8. The maximum atomic E-state index is 12.6. The first kappa shape index (κ1) is 21.0. The Hall–Kier alpha value is -2.76. The first-order chi connectivity index (χ1) is 13.8. The number of aromatic nitrogens is 2.